The minimum atomic E-state index is -1.15. The number of aryl methyl sites for hydroxylation is 1. The Bertz CT molecular complexity index is 1250. The summed E-state index contributed by atoms with van der Waals surface area (Å²) in [7, 11) is 0. The number of hydrogen-bond acceptors (Lipinski definition) is 5. The predicted molar refractivity (Wildman–Crippen MR) is 163 cm³/mol. The van der Waals surface area contributed by atoms with Gasteiger partial charge in [-0.2, -0.15) is 0 Å². The Labute approximate surface area is 254 Å². The SMILES string of the molecule is Cc1ccc(NC(=O)[C@@H]2[C@@H]3C=C[C@]4(O3)[C@@H]2C(=O)N(CCN2CCCCCC2)[C@H]4C(=O)N[C@@H]2CCC[C@H](C)[C@H]2C)cc1Cl. The Kier molecular flexibility index (Phi) is 8.42. The number of anilines is 1. The van der Waals surface area contributed by atoms with Crippen LogP contribution in [0.5, 0.6) is 0 Å². The van der Waals surface area contributed by atoms with Crippen molar-refractivity contribution < 1.29 is 19.1 Å². The molecule has 1 aromatic carbocycles. The molecule has 2 N–H and O–H groups in total. The lowest BCUT2D eigenvalue weighted by Gasteiger charge is -2.38. The Morgan fingerprint density at radius 1 is 1.05 bits per heavy atom. The summed E-state index contributed by atoms with van der Waals surface area (Å²) in [5.74, 6) is -1.21. The number of amides is 3. The van der Waals surface area contributed by atoms with E-state index in [4.69, 9.17) is 16.3 Å². The summed E-state index contributed by atoms with van der Waals surface area (Å²) in [5, 5.41) is 6.89. The van der Waals surface area contributed by atoms with Crippen molar-refractivity contribution in [3.63, 3.8) is 0 Å². The molecule has 2 bridgehead atoms. The number of rotatable bonds is 7. The van der Waals surface area contributed by atoms with E-state index in [1.807, 2.05) is 31.2 Å². The first kappa shape index (κ1) is 29.6. The molecule has 1 aliphatic carbocycles. The van der Waals surface area contributed by atoms with Crippen molar-refractivity contribution in [3.05, 3.63) is 40.9 Å². The van der Waals surface area contributed by atoms with Crippen molar-refractivity contribution in [2.75, 3.05) is 31.5 Å². The van der Waals surface area contributed by atoms with E-state index >= 15 is 0 Å². The second kappa shape index (κ2) is 11.9. The predicted octanol–water partition coefficient (Wildman–Crippen LogP) is 4.55. The zero-order valence-electron chi connectivity index (χ0n) is 25.1. The van der Waals surface area contributed by atoms with Gasteiger partial charge in [0.15, 0.2) is 0 Å². The second-order valence-corrected chi connectivity index (χ2v) is 13.7. The van der Waals surface area contributed by atoms with E-state index in [0.717, 1.165) is 44.3 Å². The van der Waals surface area contributed by atoms with Crippen LogP contribution in [0.2, 0.25) is 5.02 Å². The average Bonchev–Trinajstić information content (AvgIpc) is 3.51. The van der Waals surface area contributed by atoms with Gasteiger partial charge in [-0.25, -0.2) is 0 Å². The normalized spacial score (nSPS) is 36.1. The van der Waals surface area contributed by atoms with Crippen LogP contribution in [0.1, 0.15) is 64.4 Å². The Morgan fingerprint density at radius 3 is 2.55 bits per heavy atom. The fourth-order valence-electron chi connectivity index (χ4n) is 8.06. The number of nitrogens with zero attached hydrogens (tertiary/aromatic N) is 2. The minimum absolute atomic E-state index is 0.0622. The number of nitrogens with one attached hydrogen (secondary N) is 2. The maximum absolute atomic E-state index is 14.3. The number of fused-ring (bicyclic) bond motifs is 1. The van der Waals surface area contributed by atoms with Crippen LogP contribution in [0, 0.1) is 30.6 Å². The fourth-order valence-corrected chi connectivity index (χ4v) is 8.24. The highest BCUT2D eigenvalue weighted by molar-refractivity contribution is 6.31. The van der Waals surface area contributed by atoms with Gasteiger partial charge in [0.05, 0.1) is 17.9 Å². The highest BCUT2D eigenvalue weighted by Crippen LogP contribution is 2.55. The number of halogens is 1. The molecular weight excluding hydrogens is 552 g/mol. The van der Waals surface area contributed by atoms with Crippen LogP contribution >= 0.6 is 11.6 Å². The van der Waals surface area contributed by atoms with Crippen LogP contribution in [-0.2, 0) is 19.1 Å². The van der Waals surface area contributed by atoms with Crippen molar-refractivity contribution in [2.24, 2.45) is 23.7 Å². The summed E-state index contributed by atoms with van der Waals surface area (Å²) in [6, 6.07) is 4.65. The molecule has 6 rings (SSSR count). The van der Waals surface area contributed by atoms with Gasteiger partial charge in [0, 0.05) is 29.8 Å². The smallest absolute Gasteiger partial charge is 0.246 e. The van der Waals surface area contributed by atoms with E-state index in [-0.39, 0.29) is 23.8 Å². The molecule has 228 valence electrons. The highest BCUT2D eigenvalue weighted by atomic mass is 35.5. The topological polar surface area (TPSA) is 91.0 Å². The molecule has 4 aliphatic heterocycles. The van der Waals surface area contributed by atoms with Gasteiger partial charge in [-0.3, -0.25) is 14.4 Å². The van der Waals surface area contributed by atoms with E-state index in [2.05, 4.69) is 29.4 Å². The van der Waals surface area contributed by atoms with Crippen molar-refractivity contribution >= 4 is 35.0 Å². The number of ether oxygens (including phenoxy) is 1. The van der Waals surface area contributed by atoms with Gasteiger partial charge in [0.1, 0.15) is 11.6 Å². The molecule has 9 heteroatoms. The van der Waals surface area contributed by atoms with Crippen molar-refractivity contribution in [1.82, 2.24) is 15.1 Å². The van der Waals surface area contributed by atoms with E-state index in [1.54, 1.807) is 11.0 Å². The van der Waals surface area contributed by atoms with Crippen molar-refractivity contribution in [1.29, 1.82) is 0 Å². The summed E-state index contributed by atoms with van der Waals surface area (Å²) < 4.78 is 6.55. The molecule has 8 nitrogen and oxygen atoms in total. The van der Waals surface area contributed by atoms with Gasteiger partial charge >= 0.3 is 0 Å². The lowest BCUT2D eigenvalue weighted by atomic mass is 9.73. The molecule has 0 unspecified atom stereocenters. The number of carbonyl (C=O) groups excluding carboxylic acids is 3. The quantitative estimate of drug-likeness (QED) is 0.451. The van der Waals surface area contributed by atoms with Crippen molar-refractivity contribution in [3.8, 4) is 0 Å². The van der Waals surface area contributed by atoms with Gasteiger partial charge in [0.25, 0.3) is 0 Å². The highest BCUT2D eigenvalue weighted by Gasteiger charge is 2.72. The van der Waals surface area contributed by atoms with E-state index in [1.165, 1.54) is 19.3 Å². The third-order valence-electron chi connectivity index (χ3n) is 10.8. The van der Waals surface area contributed by atoms with Gasteiger partial charge in [-0.1, -0.05) is 69.4 Å². The number of benzene rings is 1. The van der Waals surface area contributed by atoms with Gasteiger partial charge in [-0.05, 0) is 68.8 Å². The standard InChI is InChI=1S/C33H45ClN4O4/c1-20-9-8-10-25(22(20)3)36-31(40)29-33-14-13-26(42-33)27(30(39)35-23-12-11-21(2)24(34)19-23)28(33)32(41)38(29)18-17-37-15-6-4-5-7-16-37/h11-14,19-20,22,25-29H,4-10,15-18H2,1-3H3,(H,35,39)(H,36,40)/t20-,22+,25+,26-,27+,28-,29-,33-/m0/s1. The largest absolute Gasteiger partial charge is 0.359 e. The molecule has 0 aromatic heterocycles. The van der Waals surface area contributed by atoms with Gasteiger partial charge < -0.3 is 25.2 Å². The molecule has 1 spiro atoms. The van der Waals surface area contributed by atoms with E-state index in [0.29, 0.717) is 35.6 Å². The minimum Gasteiger partial charge on any atom is -0.359 e. The molecule has 4 heterocycles. The first-order valence-corrected chi connectivity index (χ1v) is 16.3. The van der Waals surface area contributed by atoms with Crippen LogP contribution in [0.15, 0.2) is 30.4 Å². The third-order valence-corrected chi connectivity index (χ3v) is 11.2. The molecule has 5 aliphatic rings. The van der Waals surface area contributed by atoms with E-state index in [9.17, 15) is 14.4 Å². The molecule has 3 saturated heterocycles. The zero-order valence-corrected chi connectivity index (χ0v) is 25.9. The Hall–Kier alpha value is -2.42. The molecule has 1 saturated carbocycles. The summed E-state index contributed by atoms with van der Waals surface area (Å²) in [6.45, 7) is 9.53. The number of hydrogen-bond donors (Lipinski definition) is 2. The van der Waals surface area contributed by atoms with Crippen LogP contribution < -0.4 is 10.6 Å². The van der Waals surface area contributed by atoms with Gasteiger partial charge in [-0.15, -0.1) is 0 Å². The summed E-state index contributed by atoms with van der Waals surface area (Å²) >= 11 is 6.32. The maximum atomic E-state index is 14.3. The number of likely N-dealkylation sites (tertiary alicyclic amines) is 2. The molecule has 3 amide bonds. The summed E-state index contributed by atoms with van der Waals surface area (Å²) in [6.07, 6.45) is 11.2. The van der Waals surface area contributed by atoms with Crippen LogP contribution in [0.3, 0.4) is 0 Å². The fraction of sp³-hybridized carbons (Fsp3) is 0.667. The van der Waals surface area contributed by atoms with Crippen LogP contribution in [0.4, 0.5) is 5.69 Å². The van der Waals surface area contributed by atoms with Crippen molar-refractivity contribution in [2.45, 2.75) is 89.5 Å². The molecular formula is C33H45ClN4O4. The summed E-state index contributed by atoms with van der Waals surface area (Å²) in [4.78, 5) is 46.5. The van der Waals surface area contributed by atoms with Crippen LogP contribution in [-0.4, -0.2) is 77.5 Å². The third kappa shape index (κ3) is 5.28. The zero-order chi connectivity index (χ0) is 29.6. The average molecular weight is 597 g/mol. The maximum Gasteiger partial charge on any atom is 0.246 e. The molecule has 0 radical (unpaired) electrons. The number of carbonyl (C=O) groups is 3. The van der Waals surface area contributed by atoms with Gasteiger partial charge in [0.2, 0.25) is 17.7 Å². The molecule has 4 fully saturated rings. The van der Waals surface area contributed by atoms with Crippen LogP contribution in [0.25, 0.3) is 0 Å². The first-order chi connectivity index (χ1) is 20.2. The monoisotopic (exact) mass is 596 g/mol. The summed E-state index contributed by atoms with van der Waals surface area (Å²) in [5.41, 5.74) is 0.345. The lowest BCUT2D eigenvalue weighted by Crippen LogP contribution is -2.58. The Balaban J connectivity index is 1.27. The molecule has 8 atom stereocenters. The lowest BCUT2D eigenvalue weighted by molar-refractivity contribution is -0.141. The molecule has 42 heavy (non-hydrogen) atoms. The Morgan fingerprint density at radius 2 is 1.81 bits per heavy atom. The first-order valence-electron chi connectivity index (χ1n) is 16.0. The second-order valence-electron chi connectivity index (χ2n) is 13.3. The van der Waals surface area contributed by atoms with E-state index < -0.39 is 29.6 Å². The molecule has 1 aromatic rings.